The van der Waals surface area contributed by atoms with Crippen molar-refractivity contribution >= 4 is 21.9 Å². The van der Waals surface area contributed by atoms with Crippen LogP contribution >= 0.6 is 15.9 Å². The fourth-order valence-electron chi connectivity index (χ4n) is 0.296. The van der Waals surface area contributed by atoms with Gasteiger partial charge in [-0.2, -0.15) is 0 Å². The summed E-state index contributed by atoms with van der Waals surface area (Å²) >= 11 is 2.98. The first-order valence-corrected chi connectivity index (χ1v) is 2.91. The van der Waals surface area contributed by atoms with E-state index in [0.717, 1.165) is 0 Å². The van der Waals surface area contributed by atoms with E-state index in [-0.39, 0.29) is 6.42 Å². The molecule has 0 saturated heterocycles. The Labute approximate surface area is 56.0 Å². The highest BCUT2D eigenvalue weighted by molar-refractivity contribution is 9.10. The van der Waals surface area contributed by atoms with Gasteiger partial charge in [0.05, 0.1) is 10.9 Å². The van der Waals surface area contributed by atoms with Gasteiger partial charge in [-0.25, -0.2) is 0 Å². The fourth-order valence-corrected chi connectivity index (χ4v) is 0.536. The summed E-state index contributed by atoms with van der Waals surface area (Å²) < 4.78 is -0.765. The largest absolute Gasteiger partial charge is 0.481 e. The minimum absolute atomic E-state index is 0.0625. The Hall–Kier alpha value is -0.0900. The molecule has 0 spiro atoms. The van der Waals surface area contributed by atoms with Crippen LogP contribution in [0.25, 0.3) is 0 Å². The zero-order valence-electron chi connectivity index (χ0n) is 4.52. The van der Waals surface area contributed by atoms with Crippen LogP contribution in [0.5, 0.6) is 0 Å². The number of aliphatic carboxylic acids is 1. The molecule has 0 fully saturated rings. The molecule has 0 saturated carbocycles. The minimum Gasteiger partial charge on any atom is -0.481 e. The number of halogens is 1. The average molecular weight is 182 g/mol. The van der Waals surface area contributed by atoms with Gasteiger partial charge in [-0.1, -0.05) is 15.9 Å². The summed E-state index contributed by atoms with van der Waals surface area (Å²) in [5.41, 5.74) is 5.27. The maximum atomic E-state index is 9.90. The predicted octanol–water partition coefficient (Wildman–Crippen LogP) is 0.531. The van der Waals surface area contributed by atoms with Crippen molar-refractivity contribution in [1.29, 1.82) is 0 Å². The van der Waals surface area contributed by atoms with Crippen molar-refractivity contribution in [1.82, 2.24) is 0 Å². The third kappa shape index (κ3) is 5.91. The number of nitrogens with two attached hydrogens (primary N) is 1. The molecular formula is C4H8BrNO2. The van der Waals surface area contributed by atoms with Gasteiger partial charge in [-0.15, -0.1) is 0 Å². The summed E-state index contributed by atoms with van der Waals surface area (Å²) in [6.07, 6.45) is -0.0625. The lowest BCUT2D eigenvalue weighted by molar-refractivity contribution is -0.137. The molecular weight excluding hydrogens is 174 g/mol. The smallest absolute Gasteiger partial charge is 0.306 e. The highest BCUT2D eigenvalue weighted by Gasteiger charge is 2.16. The first-order valence-electron chi connectivity index (χ1n) is 2.11. The molecule has 8 heavy (non-hydrogen) atoms. The Morgan fingerprint density at radius 2 is 2.38 bits per heavy atom. The monoisotopic (exact) mass is 181 g/mol. The van der Waals surface area contributed by atoms with Gasteiger partial charge in [0.1, 0.15) is 0 Å². The van der Waals surface area contributed by atoms with Gasteiger partial charge >= 0.3 is 5.97 Å². The lowest BCUT2D eigenvalue weighted by Gasteiger charge is -2.11. The van der Waals surface area contributed by atoms with Crippen LogP contribution in [-0.4, -0.2) is 15.5 Å². The van der Waals surface area contributed by atoms with Crippen molar-refractivity contribution in [2.45, 2.75) is 17.8 Å². The van der Waals surface area contributed by atoms with Gasteiger partial charge in [-0.05, 0) is 6.92 Å². The number of carboxylic acids is 1. The van der Waals surface area contributed by atoms with Gasteiger partial charge in [0.25, 0.3) is 0 Å². The predicted molar refractivity (Wildman–Crippen MR) is 33.8 cm³/mol. The van der Waals surface area contributed by atoms with Gasteiger partial charge < -0.3 is 10.8 Å². The number of alkyl halides is 1. The second kappa shape index (κ2) is 2.46. The van der Waals surface area contributed by atoms with E-state index < -0.39 is 10.4 Å². The fraction of sp³-hybridized carbons (Fsp3) is 0.750. The number of carbonyl (C=O) groups is 1. The number of hydrogen-bond acceptors (Lipinski definition) is 2. The normalized spacial score (nSPS) is 17.4. The van der Waals surface area contributed by atoms with Crippen molar-refractivity contribution < 1.29 is 9.90 Å². The van der Waals surface area contributed by atoms with E-state index in [1.807, 2.05) is 0 Å². The standard InChI is InChI=1S/C4H8BrNO2/c1-4(5,6)2-3(7)8/h2,6H2,1H3,(H,7,8)/t4-/m1/s1. The highest BCUT2D eigenvalue weighted by Crippen LogP contribution is 2.12. The van der Waals surface area contributed by atoms with Crippen LogP contribution in [0.15, 0.2) is 0 Å². The zero-order valence-corrected chi connectivity index (χ0v) is 6.10. The summed E-state index contributed by atoms with van der Waals surface area (Å²) in [6.45, 7) is 1.60. The molecule has 0 unspecified atom stereocenters. The molecule has 0 radical (unpaired) electrons. The molecule has 0 aromatic heterocycles. The molecule has 4 heteroatoms. The molecule has 0 aliphatic carbocycles. The summed E-state index contributed by atoms with van der Waals surface area (Å²) in [4.78, 5) is 9.90. The molecule has 1 atom stereocenters. The van der Waals surface area contributed by atoms with E-state index in [1.165, 1.54) is 0 Å². The molecule has 0 heterocycles. The van der Waals surface area contributed by atoms with Crippen LogP contribution in [0.4, 0.5) is 0 Å². The van der Waals surface area contributed by atoms with Crippen LogP contribution in [0, 0.1) is 0 Å². The molecule has 0 bridgehead atoms. The third-order valence-electron chi connectivity index (χ3n) is 0.497. The molecule has 0 rings (SSSR count). The van der Waals surface area contributed by atoms with E-state index in [1.54, 1.807) is 6.92 Å². The first-order chi connectivity index (χ1) is 3.42. The van der Waals surface area contributed by atoms with E-state index in [2.05, 4.69) is 15.9 Å². The maximum Gasteiger partial charge on any atom is 0.306 e. The summed E-state index contributed by atoms with van der Waals surface area (Å²) in [5.74, 6) is -0.896. The van der Waals surface area contributed by atoms with Crippen molar-refractivity contribution in [3.8, 4) is 0 Å². The van der Waals surface area contributed by atoms with Crippen molar-refractivity contribution in [3.63, 3.8) is 0 Å². The number of rotatable bonds is 2. The molecule has 48 valence electrons. The minimum atomic E-state index is -0.896. The molecule has 0 aliphatic heterocycles. The molecule has 3 N–H and O–H groups in total. The van der Waals surface area contributed by atoms with Crippen LogP contribution < -0.4 is 5.73 Å². The van der Waals surface area contributed by atoms with Crippen LogP contribution in [0.2, 0.25) is 0 Å². The number of carboxylic acid groups (broad SMARTS) is 1. The van der Waals surface area contributed by atoms with Crippen molar-refractivity contribution in [2.75, 3.05) is 0 Å². The van der Waals surface area contributed by atoms with Gasteiger partial charge in [0.15, 0.2) is 0 Å². The molecule has 0 amide bonds. The molecule has 0 aromatic rings. The summed E-state index contributed by atoms with van der Waals surface area (Å²) in [5, 5.41) is 8.14. The second-order valence-electron chi connectivity index (χ2n) is 1.85. The Kier molecular flexibility index (Phi) is 2.43. The zero-order chi connectivity index (χ0) is 6.78. The number of hydrogen-bond donors (Lipinski definition) is 2. The van der Waals surface area contributed by atoms with E-state index in [9.17, 15) is 4.79 Å². The second-order valence-corrected chi connectivity index (χ2v) is 3.66. The Morgan fingerprint density at radius 1 is 2.00 bits per heavy atom. The lowest BCUT2D eigenvalue weighted by atomic mass is 10.3. The summed E-state index contributed by atoms with van der Waals surface area (Å²) in [6, 6.07) is 0. The average Bonchev–Trinajstić information content (AvgIpc) is 1.21. The molecule has 0 aliphatic rings. The molecule has 0 aromatic carbocycles. The highest BCUT2D eigenvalue weighted by atomic mass is 79.9. The maximum absolute atomic E-state index is 9.90. The quantitative estimate of drug-likeness (QED) is 0.483. The van der Waals surface area contributed by atoms with E-state index in [0.29, 0.717) is 0 Å². The third-order valence-corrected chi connectivity index (χ3v) is 0.777. The van der Waals surface area contributed by atoms with Crippen LogP contribution in [0.3, 0.4) is 0 Å². The van der Waals surface area contributed by atoms with Gasteiger partial charge in [0, 0.05) is 0 Å². The lowest BCUT2D eigenvalue weighted by Crippen LogP contribution is -2.30. The van der Waals surface area contributed by atoms with Crippen molar-refractivity contribution in [2.24, 2.45) is 5.73 Å². The SMILES string of the molecule is C[C@](N)(Br)CC(=O)O. The van der Waals surface area contributed by atoms with E-state index >= 15 is 0 Å². The van der Waals surface area contributed by atoms with Crippen molar-refractivity contribution in [3.05, 3.63) is 0 Å². The Bertz CT molecular complexity index is 96.7. The van der Waals surface area contributed by atoms with Crippen LogP contribution in [-0.2, 0) is 4.79 Å². The topological polar surface area (TPSA) is 63.3 Å². The van der Waals surface area contributed by atoms with Crippen LogP contribution in [0.1, 0.15) is 13.3 Å². The van der Waals surface area contributed by atoms with Gasteiger partial charge in [-0.3, -0.25) is 4.79 Å². The van der Waals surface area contributed by atoms with Gasteiger partial charge in [0.2, 0.25) is 0 Å². The Balaban J connectivity index is 3.55. The van der Waals surface area contributed by atoms with E-state index in [4.69, 9.17) is 10.8 Å². The first kappa shape index (κ1) is 7.91. The Morgan fingerprint density at radius 3 is 2.38 bits per heavy atom. The molecule has 3 nitrogen and oxygen atoms in total. The summed E-state index contributed by atoms with van der Waals surface area (Å²) in [7, 11) is 0.